The van der Waals surface area contributed by atoms with Gasteiger partial charge in [-0.25, -0.2) is 4.99 Å². The number of anilines is 1. The molecule has 0 saturated heterocycles. The van der Waals surface area contributed by atoms with Gasteiger partial charge >= 0.3 is 0 Å². The van der Waals surface area contributed by atoms with Crippen molar-refractivity contribution in [2.24, 2.45) is 4.99 Å². The Balaban J connectivity index is 1.97. The SMILES string of the molecule is Bc1ccc(NC(=O)CSC2=NC(=O)CC(C)=C2C#N)cc1. The molecule has 1 aliphatic rings. The first-order valence-electron chi connectivity index (χ1n) is 6.70. The van der Waals surface area contributed by atoms with E-state index in [9.17, 15) is 9.59 Å². The highest BCUT2D eigenvalue weighted by Gasteiger charge is 2.20. The zero-order valence-electron chi connectivity index (χ0n) is 12.3. The maximum atomic E-state index is 11.9. The Morgan fingerprint density at radius 2 is 2.14 bits per heavy atom. The van der Waals surface area contributed by atoms with Crippen LogP contribution in [0.2, 0.25) is 0 Å². The summed E-state index contributed by atoms with van der Waals surface area (Å²) in [5.41, 5.74) is 2.92. The molecule has 2 amide bonds. The average molecular weight is 311 g/mol. The maximum Gasteiger partial charge on any atom is 0.250 e. The molecule has 0 bridgehead atoms. The third-order valence-corrected chi connectivity index (χ3v) is 4.05. The molecule has 1 aromatic rings. The Kier molecular flexibility index (Phi) is 5.18. The van der Waals surface area contributed by atoms with E-state index in [0.29, 0.717) is 21.9 Å². The van der Waals surface area contributed by atoms with Crippen LogP contribution in [0.25, 0.3) is 0 Å². The summed E-state index contributed by atoms with van der Waals surface area (Å²) in [6.07, 6.45) is 0.169. The Morgan fingerprint density at radius 1 is 1.45 bits per heavy atom. The highest BCUT2D eigenvalue weighted by Crippen LogP contribution is 2.23. The third kappa shape index (κ3) is 4.09. The molecule has 1 aliphatic heterocycles. The van der Waals surface area contributed by atoms with E-state index < -0.39 is 0 Å². The van der Waals surface area contributed by atoms with Gasteiger partial charge < -0.3 is 5.32 Å². The van der Waals surface area contributed by atoms with Gasteiger partial charge in [-0.2, -0.15) is 5.26 Å². The molecule has 0 aliphatic carbocycles. The zero-order chi connectivity index (χ0) is 16.1. The predicted molar refractivity (Wildman–Crippen MR) is 91.1 cm³/mol. The van der Waals surface area contributed by atoms with Gasteiger partial charge in [-0.15, -0.1) is 0 Å². The quantitative estimate of drug-likeness (QED) is 0.837. The van der Waals surface area contributed by atoms with Crippen LogP contribution >= 0.6 is 11.8 Å². The number of nitrogens with one attached hydrogen (secondary N) is 1. The molecule has 1 aromatic carbocycles. The van der Waals surface area contributed by atoms with Crippen molar-refractivity contribution >= 4 is 47.6 Å². The van der Waals surface area contributed by atoms with E-state index in [-0.39, 0.29) is 24.0 Å². The zero-order valence-corrected chi connectivity index (χ0v) is 13.2. The van der Waals surface area contributed by atoms with Crippen molar-refractivity contribution in [2.45, 2.75) is 13.3 Å². The van der Waals surface area contributed by atoms with E-state index in [1.165, 1.54) is 0 Å². The lowest BCUT2D eigenvalue weighted by molar-refractivity contribution is -0.117. The van der Waals surface area contributed by atoms with E-state index >= 15 is 0 Å². The van der Waals surface area contributed by atoms with Crippen LogP contribution in [0.1, 0.15) is 13.3 Å². The molecule has 0 fully saturated rings. The van der Waals surface area contributed by atoms with Crippen LogP contribution in [0, 0.1) is 11.3 Å². The van der Waals surface area contributed by atoms with Crippen LogP contribution in [0.3, 0.4) is 0 Å². The fraction of sp³-hybridized carbons (Fsp3) is 0.200. The molecule has 1 heterocycles. The van der Waals surface area contributed by atoms with Crippen LogP contribution in [0.4, 0.5) is 5.69 Å². The van der Waals surface area contributed by atoms with E-state index in [2.05, 4.69) is 10.3 Å². The largest absolute Gasteiger partial charge is 0.325 e. The van der Waals surface area contributed by atoms with Gasteiger partial charge in [0.15, 0.2) is 0 Å². The number of thioether (sulfide) groups is 1. The number of nitrogens with zero attached hydrogens (tertiary/aromatic N) is 2. The molecule has 0 aromatic heterocycles. The van der Waals surface area contributed by atoms with E-state index in [4.69, 9.17) is 5.26 Å². The number of carbonyl (C=O) groups is 2. The standard InChI is InChI=1S/C15H14BN3O2S/c1-9-6-13(20)19-15(12(9)7-17)22-8-14(21)18-11-4-2-10(16)3-5-11/h2-5H,6,8,16H2,1H3,(H,18,21). The lowest BCUT2D eigenvalue weighted by Gasteiger charge is -2.12. The number of hydrogen-bond acceptors (Lipinski definition) is 4. The molecule has 0 atom stereocenters. The van der Waals surface area contributed by atoms with E-state index in [1.54, 1.807) is 6.92 Å². The van der Waals surface area contributed by atoms with Crippen molar-refractivity contribution in [3.05, 3.63) is 35.4 Å². The van der Waals surface area contributed by atoms with Gasteiger partial charge in [0.25, 0.3) is 5.91 Å². The molecule has 0 unspecified atom stereocenters. The molecule has 110 valence electrons. The highest BCUT2D eigenvalue weighted by atomic mass is 32.2. The molecule has 0 saturated carbocycles. The summed E-state index contributed by atoms with van der Waals surface area (Å²) in [5.74, 6) is -0.388. The number of dihydropyridines is 1. The Morgan fingerprint density at radius 3 is 2.77 bits per heavy atom. The number of rotatable bonds is 3. The second-order valence-corrected chi connectivity index (χ2v) is 5.92. The molecule has 0 spiro atoms. The minimum Gasteiger partial charge on any atom is -0.325 e. The van der Waals surface area contributed by atoms with Gasteiger partial charge in [-0.3, -0.25) is 9.59 Å². The van der Waals surface area contributed by atoms with Gasteiger partial charge in [0, 0.05) is 5.69 Å². The summed E-state index contributed by atoms with van der Waals surface area (Å²) < 4.78 is 0. The number of benzene rings is 1. The summed E-state index contributed by atoms with van der Waals surface area (Å²) in [6, 6.07) is 9.51. The minimum absolute atomic E-state index is 0.0957. The molecular weight excluding hydrogens is 297 g/mol. The predicted octanol–water partition coefficient (Wildman–Crippen LogP) is 0.786. The first kappa shape index (κ1) is 16.1. The van der Waals surface area contributed by atoms with Crippen LogP contribution in [0.15, 0.2) is 40.4 Å². The Bertz CT molecular complexity index is 717. The molecule has 2 rings (SSSR count). The van der Waals surface area contributed by atoms with Crippen molar-refractivity contribution in [3.8, 4) is 6.07 Å². The van der Waals surface area contributed by atoms with E-state index in [1.807, 2.05) is 38.2 Å². The molecule has 7 heteroatoms. The van der Waals surface area contributed by atoms with E-state index in [0.717, 1.165) is 17.2 Å². The molecule has 22 heavy (non-hydrogen) atoms. The van der Waals surface area contributed by atoms with Crippen molar-refractivity contribution in [2.75, 3.05) is 11.1 Å². The summed E-state index contributed by atoms with van der Waals surface area (Å²) >= 11 is 1.10. The Hall–Kier alpha value is -2.33. The van der Waals surface area contributed by atoms with Crippen molar-refractivity contribution in [1.29, 1.82) is 5.26 Å². The second-order valence-electron chi connectivity index (χ2n) is 4.96. The van der Waals surface area contributed by atoms with Crippen LogP contribution < -0.4 is 10.8 Å². The second kappa shape index (κ2) is 7.10. The number of hydrogen-bond donors (Lipinski definition) is 1. The highest BCUT2D eigenvalue weighted by molar-refractivity contribution is 8.15. The summed E-state index contributed by atoms with van der Waals surface area (Å²) in [5, 5.41) is 12.2. The first-order valence-corrected chi connectivity index (χ1v) is 7.69. The fourth-order valence-corrected chi connectivity index (χ4v) is 2.79. The van der Waals surface area contributed by atoms with Gasteiger partial charge in [0.1, 0.15) is 19.0 Å². The summed E-state index contributed by atoms with van der Waals surface area (Å²) in [4.78, 5) is 27.3. The van der Waals surface area contributed by atoms with Gasteiger partial charge in [0.2, 0.25) is 5.91 Å². The summed E-state index contributed by atoms with van der Waals surface area (Å²) in [6.45, 7) is 1.73. The molecule has 0 radical (unpaired) electrons. The number of amides is 2. The van der Waals surface area contributed by atoms with Crippen LogP contribution in [-0.4, -0.2) is 30.5 Å². The maximum absolute atomic E-state index is 11.9. The number of carbonyl (C=O) groups excluding carboxylic acids is 2. The van der Waals surface area contributed by atoms with Crippen molar-refractivity contribution in [1.82, 2.24) is 0 Å². The fourth-order valence-electron chi connectivity index (χ4n) is 1.92. The molecule has 5 nitrogen and oxygen atoms in total. The summed E-state index contributed by atoms with van der Waals surface area (Å²) in [7, 11) is 1.97. The van der Waals surface area contributed by atoms with Crippen LogP contribution in [0.5, 0.6) is 0 Å². The van der Waals surface area contributed by atoms with Crippen molar-refractivity contribution < 1.29 is 9.59 Å². The Labute approximate surface area is 133 Å². The van der Waals surface area contributed by atoms with Gasteiger partial charge in [0.05, 0.1) is 17.7 Å². The number of aliphatic imine (C=N–C) groups is 1. The topological polar surface area (TPSA) is 82.3 Å². The third-order valence-electron chi connectivity index (χ3n) is 3.07. The molecule has 1 N–H and O–H groups in total. The van der Waals surface area contributed by atoms with Crippen LogP contribution in [-0.2, 0) is 9.59 Å². The number of nitriles is 1. The molecular formula is C15H14BN3O2S. The lowest BCUT2D eigenvalue weighted by Crippen LogP contribution is -2.18. The van der Waals surface area contributed by atoms with Gasteiger partial charge in [-0.05, 0) is 24.6 Å². The van der Waals surface area contributed by atoms with Gasteiger partial charge in [-0.1, -0.05) is 29.4 Å². The smallest absolute Gasteiger partial charge is 0.250 e. The average Bonchev–Trinajstić information content (AvgIpc) is 2.47. The normalized spacial score (nSPS) is 14.4. The monoisotopic (exact) mass is 311 g/mol. The van der Waals surface area contributed by atoms with Crippen molar-refractivity contribution in [3.63, 3.8) is 0 Å². The first-order chi connectivity index (χ1) is 10.5. The lowest BCUT2D eigenvalue weighted by atomic mass is 9.96. The minimum atomic E-state index is -0.280.